The minimum Gasteiger partial charge on any atom is -0.508 e. The van der Waals surface area contributed by atoms with Crippen molar-refractivity contribution in [3.63, 3.8) is 0 Å². The lowest BCUT2D eigenvalue weighted by molar-refractivity contribution is -0.131. The Morgan fingerprint density at radius 1 is 0.897 bits per heavy atom. The average molecular weight is 915 g/mol. The molecule has 4 aromatic carbocycles. The SMILES string of the molecule is CNc1ncc(N(C(=O)c2cc(-c3cc4c(cc3C(=O)N3Cc5ccccc5C[C@H]3C)CN(C(=O)Cc3ccc(OCCN5CCOCC5)cc3)CC4)n(C)c2C)c2ccc(O)cc2)cc1C=N. The number of fused-ring (bicyclic) bond motifs is 2. The van der Waals surface area contributed by atoms with Crippen LogP contribution in [0.25, 0.3) is 11.3 Å². The molecule has 0 aliphatic carbocycles. The maximum Gasteiger partial charge on any atom is 0.264 e. The summed E-state index contributed by atoms with van der Waals surface area (Å²) in [6.07, 6.45) is 4.33. The van der Waals surface area contributed by atoms with Crippen LogP contribution in [-0.2, 0) is 48.9 Å². The van der Waals surface area contributed by atoms with Crippen LogP contribution in [0.2, 0.25) is 0 Å². The van der Waals surface area contributed by atoms with Crippen molar-refractivity contribution in [1.82, 2.24) is 24.3 Å². The molecular weight excluding hydrogens is 857 g/mol. The molecule has 14 heteroatoms. The van der Waals surface area contributed by atoms with Crippen molar-refractivity contribution < 1.29 is 29.0 Å². The zero-order valence-corrected chi connectivity index (χ0v) is 39.1. The first-order valence-electron chi connectivity index (χ1n) is 23.3. The van der Waals surface area contributed by atoms with Gasteiger partial charge < -0.3 is 39.7 Å². The van der Waals surface area contributed by atoms with Crippen molar-refractivity contribution in [3.8, 4) is 22.8 Å². The number of aromatic hydroxyl groups is 1. The van der Waals surface area contributed by atoms with E-state index in [1.165, 1.54) is 28.8 Å². The highest BCUT2D eigenvalue weighted by Gasteiger charge is 2.33. The van der Waals surface area contributed by atoms with Gasteiger partial charge in [0, 0.05) is 99.4 Å². The summed E-state index contributed by atoms with van der Waals surface area (Å²) in [7, 11) is 3.63. The normalized spacial score (nSPS) is 15.9. The summed E-state index contributed by atoms with van der Waals surface area (Å²) >= 11 is 0. The first-order chi connectivity index (χ1) is 33.0. The number of amides is 3. The molecule has 5 heterocycles. The van der Waals surface area contributed by atoms with Crippen LogP contribution in [0.4, 0.5) is 17.2 Å². The Labute approximate surface area is 397 Å². The minimum atomic E-state index is -0.350. The van der Waals surface area contributed by atoms with Crippen molar-refractivity contribution in [2.45, 2.75) is 52.2 Å². The zero-order chi connectivity index (χ0) is 47.5. The summed E-state index contributed by atoms with van der Waals surface area (Å²) in [5.41, 5.74) is 9.65. The molecule has 0 bridgehead atoms. The van der Waals surface area contributed by atoms with E-state index in [4.69, 9.17) is 14.9 Å². The topological polar surface area (TPSA) is 157 Å². The second kappa shape index (κ2) is 19.9. The Balaban J connectivity index is 1.03. The fraction of sp³-hybridized carbons (Fsp3) is 0.315. The molecule has 9 rings (SSSR count). The van der Waals surface area contributed by atoms with Crippen molar-refractivity contribution in [2.24, 2.45) is 7.05 Å². The zero-order valence-electron chi connectivity index (χ0n) is 39.1. The number of carbonyl (C=O) groups is 3. The van der Waals surface area contributed by atoms with E-state index in [1.54, 1.807) is 31.4 Å². The molecule has 0 spiro atoms. The first kappa shape index (κ1) is 45.8. The molecule has 6 aromatic rings. The predicted octanol–water partition coefficient (Wildman–Crippen LogP) is 7.54. The molecule has 14 nitrogen and oxygen atoms in total. The third-order valence-electron chi connectivity index (χ3n) is 13.7. The number of rotatable bonds is 13. The molecule has 1 fully saturated rings. The third-order valence-corrected chi connectivity index (χ3v) is 13.7. The number of morpholine rings is 1. The fourth-order valence-corrected chi connectivity index (χ4v) is 9.62. The largest absolute Gasteiger partial charge is 0.508 e. The summed E-state index contributed by atoms with van der Waals surface area (Å²) in [6.45, 7) is 10.1. The smallest absolute Gasteiger partial charge is 0.264 e. The van der Waals surface area contributed by atoms with Gasteiger partial charge in [0.15, 0.2) is 0 Å². The van der Waals surface area contributed by atoms with E-state index in [9.17, 15) is 9.90 Å². The number of aromatic nitrogens is 2. The van der Waals surface area contributed by atoms with Crippen LogP contribution in [0.1, 0.15) is 66.7 Å². The number of phenolic OH excluding ortho intramolecular Hbond substituents is 1. The Morgan fingerprint density at radius 3 is 2.38 bits per heavy atom. The molecule has 0 saturated carbocycles. The van der Waals surface area contributed by atoms with E-state index in [0.29, 0.717) is 83.5 Å². The number of carbonyl (C=O) groups excluding carboxylic acids is 3. The van der Waals surface area contributed by atoms with E-state index in [0.717, 1.165) is 67.3 Å². The molecular formula is C54H58N8O6. The lowest BCUT2D eigenvalue weighted by Crippen LogP contribution is -2.43. The molecule has 68 heavy (non-hydrogen) atoms. The molecule has 0 unspecified atom stereocenters. The van der Waals surface area contributed by atoms with Gasteiger partial charge >= 0.3 is 0 Å². The van der Waals surface area contributed by atoms with Gasteiger partial charge in [0.2, 0.25) is 5.91 Å². The van der Waals surface area contributed by atoms with Crippen LogP contribution in [0.3, 0.4) is 0 Å². The highest BCUT2D eigenvalue weighted by atomic mass is 16.5. The highest BCUT2D eigenvalue weighted by Crippen LogP contribution is 2.38. The van der Waals surface area contributed by atoms with E-state index in [2.05, 4.69) is 40.3 Å². The van der Waals surface area contributed by atoms with Crippen molar-refractivity contribution in [2.75, 3.05) is 63.3 Å². The number of hydrogen-bond acceptors (Lipinski definition) is 10. The van der Waals surface area contributed by atoms with Gasteiger partial charge in [-0.25, -0.2) is 4.98 Å². The minimum absolute atomic E-state index is 0.0118. The van der Waals surface area contributed by atoms with Crippen molar-refractivity contribution >= 4 is 41.1 Å². The van der Waals surface area contributed by atoms with Crippen LogP contribution >= 0.6 is 0 Å². The summed E-state index contributed by atoms with van der Waals surface area (Å²) < 4.78 is 13.4. The fourth-order valence-electron chi connectivity index (χ4n) is 9.62. The Hall–Kier alpha value is -7.29. The first-order valence-corrected chi connectivity index (χ1v) is 23.3. The second-order valence-corrected chi connectivity index (χ2v) is 17.9. The van der Waals surface area contributed by atoms with Crippen LogP contribution < -0.4 is 15.0 Å². The van der Waals surface area contributed by atoms with Gasteiger partial charge in [0.05, 0.1) is 37.1 Å². The van der Waals surface area contributed by atoms with Crippen LogP contribution in [-0.4, -0.2) is 112 Å². The maximum atomic E-state index is 15.2. The number of phenols is 1. The molecule has 3 amide bonds. The predicted molar refractivity (Wildman–Crippen MR) is 263 cm³/mol. The standard InChI is InChI=1S/C54H58N8O6/c1-35-25-38-7-5-6-8-40(38)34-61(35)53(65)49-29-42-33-60(51(64)26-37-9-15-46(16-10-37)68-24-21-59-19-22-67-23-20-59)18-17-39(42)28-48(49)50-30-47(36(2)58(50)4)54(66)62(43-11-13-45(63)14-12-43)44-27-41(31-55)52(56-3)57-32-44/h5-16,27-32,35,55,63H,17-26,33-34H2,1-4H3,(H,56,57)/t35-/m1/s1. The van der Waals surface area contributed by atoms with Gasteiger partial charge in [-0.15, -0.1) is 0 Å². The van der Waals surface area contributed by atoms with Crippen LogP contribution in [0.5, 0.6) is 11.5 Å². The molecule has 1 saturated heterocycles. The maximum absolute atomic E-state index is 15.2. The number of nitrogens with one attached hydrogen (secondary N) is 2. The van der Waals surface area contributed by atoms with Gasteiger partial charge in [-0.1, -0.05) is 36.4 Å². The van der Waals surface area contributed by atoms with E-state index in [1.807, 2.05) is 76.9 Å². The lowest BCUT2D eigenvalue weighted by atomic mass is 9.89. The van der Waals surface area contributed by atoms with Crippen molar-refractivity contribution in [3.05, 3.63) is 153 Å². The van der Waals surface area contributed by atoms with Gasteiger partial charge in [-0.3, -0.25) is 24.2 Å². The van der Waals surface area contributed by atoms with E-state index >= 15 is 9.59 Å². The number of pyridine rings is 1. The number of nitrogens with zero attached hydrogens (tertiary/aromatic N) is 6. The second-order valence-electron chi connectivity index (χ2n) is 17.9. The Bertz CT molecular complexity index is 2850. The van der Waals surface area contributed by atoms with Crippen LogP contribution in [0.15, 0.2) is 103 Å². The third kappa shape index (κ3) is 9.47. The molecule has 1 atom stereocenters. The number of ether oxygens (including phenoxy) is 2. The van der Waals surface area contributed by atoms with Gasteiger partial charge in [0.1, 0.15) is 23.9 Å². The van der Waals surface area contributed by atoms with Crippen molar-refractivity contribution in [1.29, 1.82) is 5.41 Å². The number of hydrogen-bond donors (Lipinski definition) is 3. The van der Waals surface area contributed by atoms with Gasteiger partial charge in [0.25, 0.3) is 11.8 Å². The van der Waals surface area contributed by atoms with Crippen LogP contribution in [0, 0.1) is 12.3 Å². The number of anilines is 3. The summed E-state index contributed by atoms with van der Waals surface area (Å²) in [6, 6.07) is 29.9. The Morgan fingerprint density at radius 2 is 1.65 bits per heavy atom. The van der Waals surface area contributed by atoms with Gasteiger partial charge in [-0.05, 0) is 115 Å². The summed E-state index contributed by atoms with van der Waals surface area (Å²) in [5.74, 6) is 0.867. The molecule has 0 radical (unpaired) electrons. The average Bonchev–Trinajstić information content (AvgIpc) is 3.66. The quantitative estimate of drug-likeness (QED) is 0.0997. The van der Waals surface area contributed by atoms with E-state index in [-0.39, 0.29) is 35.9 Å². The molecule has 3 aliphatic rings. The summed E-state index contributed by atoms with van der Waals surface area (Å²) in [4.78, 5) is 56.3. The highest BCUT2D eigenvalue weighted by molar-refractivity contribution is 6.13. The van der Waals surface area contributed by atoms with Gasteiger partial charge in [-0.2, -0.15) is 0 Å². The molecule has 2 aromatic heterocycles. The number of benzene rings is 4. The Kier molecular flexibility index (Phi) is 13.4. The molecule has 3 aliphatic heterocycles. The van der Waals surface area contributed by atoms with E-state index < -0.39 is 0 Å². The monoisotopic (exact) mass is 914 g/mol. The molecule has 3 N–H and O–H groups in total. The summed E-state index contributed by atoms with van der Waals surface area (Å²) in [5, 5.41) is 21.2. The molecule has 350 valence electrons. The lowest BCUT2D eigenvalue weighted by Gasteiger charge is -2.36.